The number of rotatable bonds is 10. The van der Waals surface area contributed by atoms with Gasteiger partial charge in [-0.2, -0.15) is 0 Å². The molecule has 1 aromatic rings. The molecule has 126 valence electrons. The normalized spacial score (nSPS) is 14.1. The summed E-state index contributed by atoms with van der Waals surface area (Å²) >= 11 is 0. The standard InChI is InChI=1S/C17H31N3O2/c1-6-10-20(11-7-2)17(5,9-4)13-18-16(21)15-12-14(8-3)22-19-15/h12H,6-11,13H2,1-5H3,(H,18,21). The van der Waals surface area contributed by atoms with E-state index in [9.17, 15) is 4.79 Å². The molecule has 5 nitrogen and oxygen atoms in total. The first-order chi connectivity index (χ1) is 10.5. The molecular formula is C17H31N3O2. The van der Waals surface area contributed by atoms with Crippen LogP contribution in [0.3, 0.4) is 0 Å². The van der Waals surface area contributed by atoms with Gasteiger partial charge in [-0.05, 0) is 39.3 Å². The van der Waals surface area contributed by atoms with Crippen LogP contribution in [0.4, 0.5) is 0 Å². The van der Waals surface area contributed by atoms with E-state index in [0.29, 0.717) is 12.2 Å². The summed E-state index contributed by atoms with van der Waals surface area (Å²) in [6, 6.07) is 1.72. The van der Waals surface area contributed by atoms with E-state index in [4.69, 9.17) is 4.52 Å². The number of carbonyl (C=O) groups is 1. The molecule has 1 heterocycles. The number of aryl methyl sites for hydroxylation is 1. The van der Waals surface area contributed by atoms with Gasteiger partial charge in [0.25, 0.3) is 5.91 Å². The molecule has 0 spiro atoms. The number of nitrogens with one attached hydrogen (secondary N) is 1. The lowest BCUT2D eigenvalue weighted by Crippen LogP contribution is -2.54. The van der Waals surface area contributed by atoms with Crippen LogP contribution < -0.4 is 5.32 Å². The number of hydrogen-bond acceptors (Lipinski definition) is 4. The molecular weight excluding hydrogens is 278 g/mol. The number of amides is 1. The molecule has 0 aliphatic rings. The molecule has 0 aromatic carbocycles. The van der Waals surface area contributed by atoms with Crippen LogP contribution in [0.2, 0.25) is 0 Å². The first kappa shape index (κ1) is 18.7. The number of hydrogen-bond donors (Lipinski definition) is 1. The molecule has 0 fully saturated rings. The zero-order chi connectivity index (χ0) is 16.6. The molecule has 1 rings (SSSR count). The summed E-state index contributed by atoms with van der Waals surface area (Å²) in [4.78, 5) is 14.7. The van der Waals surface area contributed by atoms with E-state index in [-0.39, 0.29) is 11.4 Å². The molecule has 0 radical (unpaired) electrons. The summed E-state index contributed by atoms with van der Waals surface area (Å²) in [7, 11) is 0. The Kier molecular flexibility index (Phi) is 7.59. The summed E-state index contributed by atoms with van der Waals surface area (Å²) in [5.74, 6) is 0.582. The van der Waals surface area contributed by atoms with Crippen molar-refractivity contribution in [1.29, 1.82) is 0 Å². The van der Waals surface area contributed by atoms with E-state index in [1.807, 2.05) is 6.92 Å². The van der Waals surface area contributed by atoms with Gasteiger partial charge in [0.1, 0.15) is 5.76 Å². The lowest BCUT2D eigenvalue weighted by atomic mass is 9.95. The largest absolute Gasteiger partial charge is 0.361 e. The Morgan fingerprint density at radius 1 is 1.27 bits per heavy atom. The van der Waals surface area contributed by atoms with Crippen LogP contribution in [0, 0.1) is 0 Å². The van der Waals surface area contributed by atoms with Crippen LogP contribution in [0.1, 0.15) is 70.1 Å². The van der Waals surface area contributed by atoms with Gasteiger partial charge in [0.2, 0.25) is 0 Å². The molecule has 0 aliphatic carbocycles. The molecule has 22 heavy (non-hydrogen) atoms. The number of carbonyl (C=O) groups excluding carboxylic acids is 1. The topological polar surface area (TPSA) is 58.4 Å². The highest BCUT2D eigenvalue weighted by Gasteiger charge is 2.29. The van der Waals surface area contributed by atoms with Crippen molar-refractivity contribution in [1.82, 2.24) is 15.4 Å². The minimum absolute atomic E-state index is 0.0288. The molecule has 5 heteroatoms. The zero-order valence-corrected chi connectivity index (χ0v) is 14.7. The quantitative estimate of drug-likeness (QED) is 0.721. The van der Waals surface area contributed by atoms with Crippen LogP contribution in [-0.4, -0.2) is 41.1 Å². The minimum Gasteiger partial charge on any atom is -0.361 e. The molecule has 1 aromatic heterocycles. The van der Waals surface area contributed by atoms with Crippen LogP contribution in [0.15, 0.2) is 10.6 Å². The summed E-state index contributed by atoms with van der Waals surface area (Å²) < 4.78 is 5.10. The maximum atomic E-state index is 12.2. The lowest BCUT2D eigenvalue weighted by Gasteiger charge is -2.41. The van der Waals surface area contributed by atoms with Crippen LogP contribution in [0.25, 0.3) is 0 Å². The monoisotopic (exact) mass is 309 g/mol. The lowest BCUT2D eigenvalue weighted by molar-refractivity contribution is 0.0794. The van der Waals surface area contributed by atoms with Crippen molar-refractivity contribution in [3.63, 3.8) is 0 Å². The van der Waals surface area contributed by atoms with Crippen LogP contribution in [-0.2, 0) is 6.42 Å². The van der Waals surface area contributed by atoms with Crippen molar-refractivity contribution in [2.24, 2.45) is 0 Å². The third kappa shape index (κ3) is 4.83. The Morgan fingerprint density at radius 3 is 2.36 bits per heavy atom. The molecule has 0 saturated carbocycles. The predicted octanol–water partition coefficient (Wildman–Crippen LogP) is 3.26. The minimum atomic E-state index is -0.156. The summed E-state index contributed by atoms with van der Waals surface area (Å²) in [6.45, 7) is 13.5. The van der Waals surface area contributed by atoms with Gasteiger partial charge in [-0.15, -0.1) is 0 Å². The van der Waals surface area contributed by atoms with Gasteiger partial charge in [-0.3, -0.25) is 9.69 Å². The predicted molar refractivity (Wildman–Crippen MR) is 89.1 cm³/mol. The summed E-state index contributed by atoms with van der Waals surface area (Å²) in [5, 5.41) is 6.85. The average Bonchev–Trinajstić information content (AvgIpc) is 3.01. The van der Waals surface area contributed by atoms with Crippen molar-refractivity contribution >= 4 is 5.91 Å². The Hall–Kier alpha value is -1.36. The molecule has 1 amide bonds. The van der Waals surface area contributed by atoms with Gasteiger partial charge in [-0.25, -0.2) is 0 Å². The fourth-order valence-electron chi connectivity index (χ4n) is 2.60. The Labute approximate surface area is 134 Å². The Balaban J connectivity index is 2.69. The van der Waals surface area contributed by atoms with Gasteiger partial charge < -0.3 is 9.84 Å². The van der Waals surface area contributed by atoms with E-state index in [2.05, 4.69) is 43.1 Å². The maximum Gasteiger partial charge on any atom is 0.273 e. The van der Waals surface area contributed by atoms with Gasteiger partial charge in [0.05, 0.1) is 0 Å². The van der Waals surface area contributed by atoms with Crippen molar-refractivity contribution in [2.45, 2.75) is 65.8 Å². The molecule has 0 bridgehead atoms. The van der Waals surface area contributed by atoms with Gasteiger partial charge >= 0.3 is 0 Å². The Morgan fingerprint density at radius 2 is 1.91 bits per heavy atom. The first-order valence-electron chi connectivity index (χ1n) is 8.49. The fourth-order valence-corrected chi connectivity index (χ4v) is 2.60. The van der Waals surface area contributed by atoms with Crippen molar-refractivity contribution < 1.29 is 9.32 Å². The summed E-state index contributed by atoms with van der Waals surface area (Å²) in [5.41, 5.74) is 0.340. The van der Waals surface area contributed by atoms with Crippen molar-refractivity contribution in [3.8, 4) is 0 Å². The maximum absolute atomic E-state index is 12.2. The van der Waals surface area contributed by atoms with Crippen molar-refractivity contribution in [3.05, 3.63) is 17.5 Å². The van der Waals surface area contributed by atoms with Crippen molar-refractivity contribution in [2.75, 3.05) is 19.6 Å². The molecule has 0 saturated heterocycles. The van der Waals surface area contributed by atoms with E-state index in [1.165, 1.54) is 0 Å². The first-order valence-corrected chi connectivity index (χ1v) is 8.49. The number of aromatic nitrogens is 1. The third-order valence-electron chi connectivity index (χ3n) is 4.28. The highest BCUT2D eigenvalue weighted by atomic mass is 16.5. The SMILES string of the molecule is CCCN(CCC)C(C)(CC)CNC(=O)c1cc(CC)on1. The van der Waals surface area contributed by atoms with E-state index in [0.717, 1.165) is 44.5 Å². The van der Waals surface area contributed by atoms with Gasteiger partial charge in [0, 0.05) is 24.6 Å². The molecule has 1 unspecified atom stereocenters. The summed E-state index contributed by atoms with van der Waals surface area (Å²) in [6.07, 6.45) is 3.97. The smallest absolute Gasteiger partial charge is 0.273 e. The van der Waals surface area contributed by atoms with Crippen LogP contribution >= 0.6 is 0 Å². The highest BCUT2D eigenvalue weighted by Crippen LogP contribution is 2.20. The zero-order valence-electron chi connectivity index (χ0n) is 14.7. The second-order valence-corrected chi connectivity index (χ2v) is 6.05. The molecule has 1 N–H and O–H groups in total. The number of nitrogens with zero attached hydrogens (tertiary/aromatic N) is 2. The Bertz CT molecular complexity index is 453. The second kappa shape index (κ2) is 8.93. The highest BCUT2D eigenvalue weighted by molar-refractivity contribution is 5.92. The van der Waals surface area contributed by atoms with Gasteiger partial charge in [-0.1, -0.05) is 32.9 Å². The third-order valence-corrected chi connectivity index (χ3v) is 4.28. The average molecular weight is 309 g/mol. The fraction of sp³-hybridized carbons (Fsp3) is 0.765. The van der Waals surface area contributed by atoms with E-state index in [1.54, 1.807) is 6.07 Å². The van der Waals surface area contributed by atoms with Gasteiger partial charge in [0.15, 0.2) is 5.69 Å². The molecule has 0 aliphatic heterocycles. The van der Waals surface area contributed by atoms with E-state index >= 15 is 0 Å². The molecule has 1 atom stereocenters. The van der Waals surface area contributed by atoms with E-state index < -0.39 is 0 Å². The van der Waals surface area contributed by atoms with Crippen LogP contribution in [0.5, 0.6) is 0 Å². The second-order valence-electron chi connectivity index (χ2n) is 6.05.